The van der Waals surface area contributed by atoms with E-state index < -0.39 is 0 Å². The molecule has 0 spiro atoms. The molecule has 1 saturated heterocycles. The van der Waals surface area contributed by atoms with E-state index in [0.717, 1.165) is 15.3 Å². The third kappa shape index (κ3) is 2.68. The summed E-state index contributed by atoms with van der Waals surface area (Å²) in [6.07, 6.45) is 1.50. The molecule has 0 radical (unpaired) electrons. The zero-order valence-corrected chi connectivity index (χ0v) is 13.1. The van der Waals surface area contributed by atoms with E-state index in [1.54, 1.807) is 23.1 Å². The summed E-state index contributed by atoms with van der Waals surface area (Å²) in [5.41, 5.74) is 0.806. The number of carbonyl (C=O) groups excluding carboxylic acids is 1. The second-order valence-electron chi connectivity index (χ2n) is 5.37. The smallest absolute Gasteiger partial charge is 0.289 e. The van der Waals surface area contributed by atoms with E-state index >= 15 is 0 Å². The van der Waals surface area contributed by atoms with Crippen LogP contribution in [0.25, 0.3) is 10.2 Å². The number of hydrogen-bond donors (Lipinski definition) is 0. The lowest BCUT2D eigenvalue weighted by Gasteiger charge is -2.34. The molecule has 23 heavy (non-hydrogen) atoms. The topological polar surface area (TPSA) is 49.6 Å². The van der Waals surface area contributed by atoms with Gasteiger partial charge in [0.25, 0.3) is 5.91 Å². The first-order valence-corrected chi connectivity index (χ1v) is 8.16. The maximum Gasteiger partial charge on any atom is 0.289 e. The van der Waals surface area contributed by atoms with Crippen molar-refractivity contribution in [2.24, 2.45) is 0 Å². The summed E-state index contributed by atoms with van der Waals surface area (Å²) in [5, 5.41) is 0.871. The Morgan fingerprint density at radius 1 is 1.22 bits per heavy atom. The number of carbonyl (C=O) groups is 1. The van der Waals surface area contributed by atoms with E-state index in [1.165, 1.54) is 29.7 Å². The summed E-state index contributed by atoms with van der Waals surface area (Å²) < 4.78 is 19.3. The van der Waals surface area contributed by atoms with Crippen molar-refractivity contribution >= 4 is 32.6 Å². The maximum absolute atomic E-state index is 13.3. The monoisotopic (exact) mass is 331 g/mol. The van der Waals surface area contributed by atoms with Gasteiger partial charge in [0, 0.05) is 26.2 Å². The number of nitrogens with zero attached hydrogens (tertiary/aromatic N) is 3. The molecule has 1 aliphatic rings. The summed E-state index contributed by atoms with van der Waals surface area (Å²) in [6, 6.07) is 8.01. The van der Waals surface area contributed by atoms with E-state index in [-0.39, 0.29) is 11.7 Å². The van der Waals surface area contributed by atoms with Crippen molar-refractivity contribution in [2.75, 3.05) is 31.1 Å². The number of thiazole rings is 1. The largest absolute Gasteiger partial charge is 0.459 e. The fourth-order valence-corrected chi connectivity index (χ4v) is 3.72. The molecule has 0 atom stereocenters. The molecule has 3 heterocycles. The molecule has 0 bridgehead atoms. The third-order valence-corrected chi connectivity index (χ3v) is 4.99. The van der Waals surface area contributed by atoms with Crippen molar-refractivity contribution < 1.29 is 13.6 Å². The number of amides is 1. The molecule has 5 nitrogen and oxygen atoms in total. The minimum Gasteiger partial charge on any atom is -0.459 e. The van der Waals surface area contributed by atoms with E-state index in [9.17, 15) is 9.18 Å². The van der Waals surface area contributed by atoms with Gasteiger partial charge in [-0.15, -0.1) is 0 Å². The number of piperazine rings is 1. The Balaban J connectivity index is 1.47. The van der Waals surface area contributed by atoms with E-state index in [2.05, 4.69) is 9.88 Å². The molecule has 1 fully saturated rings. The van der Waals surface area contributed by atoms with Crippen molar-refractivity contribution in [2.45, 2.75) is 0 Å². The number of anilines is 1. The van der Waals surface area contributed by atoms with Crippen LogP contribution in [0.15, 0.2) is 41.0 Å². The number of hydrogen-bond acceptors (Lipinski definition) is 5. The highest BCUT2D eigenvalue weighted by Crippen LogP contribution is 2.30. The molecule has 0 unspecified atom stereocenters. The number of aromatic nitrogens is 1. The molecule has 2 aromatic heterocycles. The zero-order chi connectivity index (χ0) is 15.8. The van der Waals surface area contributed by atoms with Crippen molar-refractivity contribution in [3.05, 3.63) is 48.2 Å². The molecule has 1 aliphatic heterocycles. The third-order valence-electron chi connectivity index (χ3n) is 3.91. The van der Waals surface area contributed by atoms with Gasteiger partial charge in [-0.25, -0.2) is 9.37 Å². The van der Waals surface area contributed by atoms with Gasteiger partial charge in [0.1, 0.15) is 5.82 Å². The van der Waals surface area contributed by atoms with Crippen LogP contribution in [0.4, 0.5) is 9.52 Å². The number of benzene rings is 1. The van der Waals surface area contributed by atoms with Gasteiger partial charge >= 0.3 is 0 Å². The van der Waals surface area contributed by atoms with Crippen LogP contribution in [0.5, 0.6) is 0 Å². The minimum absolute atomic E-state index is 0.0824. The second kappa shape index (κ2) is 5.66. The van der Waals surface area contributed by atoms with Crippen LogP contribution in [-0.2, 0) is 0 Å². The van der Waals surface area contributed by atoms with E-state index in [4.69, 9.17) is 4.42 Å². The fraction of sp³-hybridized carbons (Fsp3) is 0.250. The Morgan fingerprint density at radius 3 is 2.78 bits per heavy atom. The summed E-state index contributed by atoms with van der Waals surface area (Å²) in [6.45, 7) is 2.64. The normalized spacial score (nSPS) is 15.3. The minimum atomic E-state index is -0.249. The molecule has 1 aromatic carbocycles. The molecule has 0 aliphatic carbocycles. The van der Waals surface area contributed by atoms with Gasteiger partial charge in [0.05, 0.1) is 16.5 Å². The standard InChI is InChI=1S/C16H14FN3O2S/c17-11-3-4-12-14(10-11)23-16(18-12)20-7-5-19(6-8-20)15(21)13-2-1-9-22-13/h1-4,9-10H,5-8H2. The Bertz CT molecular complexity index is 838. The molecule has 3 aromatic rings. The van der Waals surface area contributed by atoms with Gasteiger partial charge in [0.15, 0.2) is 10.9 Å². The van der Waals surface area contributed by atoms with Crippen LogP contribution >= 0.6 is 11.3 Å². The molecule has 0 saturated carbocycles. The van der Waals surface area contributed by atoms with E-state index in [1.807, 2.05) is 0 Å². The van der Waals surface area contributed by atoms with Crippen LogP contribution in [0.3, 0.4) is 0 Å². The number of halogens is 1. The molecular weight excluding hydrogens is 317 g/mol. The van der Waals surface area contributed by atoms with Gasteiger partial charge in [0.2, 0.25) is 0 Å². The summed E-state index contributed by atoms with van der Waals surface area (Å²) >= 11 is 1.48. The number of furan rings is 1. The lowest BCUT2D eigenvalue weighted by Crippen LogP contribution is -2.48. The predicted octanol–water partition coefficient (Wildman–Crippen LogP) is 2.99. The van der Waals surface area contributed by atoms with Crippen LogP contribution in [-0.4, -0.2) is 42.0 Å². The lowest BCUT2D eigenvalue weighted by molar-refractivity contribution is 0.0714. The average Bonchev–Trinajstić information content (AvgIpc) is 3.23. The highest BCUT2D eigenvalue weighted by atomic mass is 32.1. The maximum atomic E-state index is 13.3. The first kappa shape index (κ1) is 14.2. The van der Waals surface area contributed by atoms with Gasteiger partial charge in [-0.2, -0.15) is 0 Å². The first-order chi connectivity index (χ1) is 11.2. The van der Waals surface area contributed by atoms with Crippen LogP contribution in [0, 0.1) is 5.82 Å². The Kier molecular flexibility index (Phi) is 3.49. The van der Waals surface area contributed by atoms with Crippen molar-refractivity contribution in [1.29, 1.82) is 0 Å². The molecular formula is C16H14FN3O2S. The van der Waals surface area contributed by atoms with Crippen LogP contribution in [0.2, 0.25) is 0 Å². The fourth-order valence-electron chi connectivity index (χ4n) is 2.68. The highest BCUT2D eigenvalue weighted by molar-refractivity contribution is 7.22. The summed E-state index contributed by atoms with van der Waals surface area (Å²) in [7, 11) is 0. The highest BCUT2D eigenvalue weighted by Gasteiger charge is 2.25. The first-order valence-electron chi connectivity index (χ1n) is 7.34. The van der Waals surface area contributed by atoms with Gasteiger partial charge < -0.3 is 14.2 Å². The van der Waals surface area contributed by atoms with Crippen molar-refractivity contribution in [1.82, 2.24) is 9.88 Å². The number of fused-ring (bicyclic) bond motifs is 1. The van der Waals surface area contributed by atoms with Gasteiger partial charge in [-0.1, -0.05) is 11.3 Å². The molecule has 1 amide bonds. The predicted molar refractivity (Wildman–Crippen MR) is 86.4 cm³/mol. The molecule has 7 heteroatoms. The molecule has 118 valence electrons. The molecule has 0 N–H and O–H groups in total. The summed E-state index contributed by atoms with van der Waals surface area (Å²) in [4.78, 5) is 20.7. The van der Waals surface area contributed by atoms with Gasteiger partial charge in [-0.3, -0.25) is 4.79 Å². The summed E-state index contributed by atoms with van der Waals surface area (Å²) in [5.74, 6) is 0.0384. The average molecular weight is 331 g/mol. The van der Waals surface area contributed by atoms with E-state index in [0.29, 0.717) is 31.9 Å². The Hall–Kier alpha value is -2.41. The quantitative estimate of drug-likeness (QED) is 0.724. The molecule has 4 rings (SSSR count). The lowest BCUT2D eigenvalue weighted by atomic mass is 10.3. The van der Waals surface area contributed by atoms with Crippen molar-refractivity contribution in [3.63, 3.8) is 0 Å². The number of rotatable bonds is 2. The van der Waals surface area contributed by atoms with Crippen LogP contribution < -0.4 is 4.90 Å². The Morgan fingerprint density at radius 2 is 2.04 bits per heavy atom. The van der Waals surface area contributed by atoms with Crippen molar-refractivity contribution in [3.8, 4) is 0 Å². The second-order valence-corrected chi connectivity index (χ2v) is 6.37. The SMILES string of the molecule is O=C(c1ccco1)N1CCN(c2nc3ccc(F)cc3s2)CC1. The zero-order valence-electron chi connectivity index (χ0n) is 12.2. The Labute approximate surface area is 135 Å². The van der Waals surface area contributed by atoms with Gasteiger partial charge in [-0.05, 0) is 30.3 Å². The van der Waals surface area contributed by atoms with Crippen LogP contribution in [0.1, 0.15) is 10.6 Å².